The van der Waals surface area contributed by atoms with E-state index in [9.17, 15) is 0 Å². The molecule has 0 unspecified atom stereocenters. The molecule has 0 aromatic carbocycles. The highest BCUT2D eigenvalue weighted by molar-refractivity contribution is 5.53. The number of hydrogen-bond acceptors (Lipinski definition) is 8. The lowest BCUT2D eigenvalue weighted by atomic mass is 10.2. The van der Waals surface area contributed by atoms with Gasteiger partial charge < -0.3 is 19.6 Å². The summed E-state index contributed by atoms with van der Waals surface area (Å²) in [7, 11) is 0. The summed E-state index contributed by atoms with van der Waals surface area (Å²) in [5.41, 5.74) is 2.49. The largest absolute Gasteiger partial charge is 0.353 e. The highest BCUT2D eigenvalue weighted by Gasteiger charge is 2.22. The molecule has 166 valence electrons. The Morgan fingerprint density at radius 3 is 1.19 bits per heavy atom. The van der Waals surface area contributed by atoms with Crippen molar-refractivity contribution >= 4 is 23.3 Å². The lowest BCUT2D eigenvalue weighted by Gasteiger charge is -2.38. The Labute approximate surface area is 189 Å². The van der Waals surface area contributed by atoms with Gasteiger partial charge in [0.2, 0.25) is 0 Å². The summed E-state index contributed by atoms with van der Waals surface area (Å²) in [6, 6.07) is 10.5. The van der Waals surface area contributed by atoms with Crippen molar-refractivity contribution in [1.82, 2.24) is 19.9 Å². The number of hydrogen-bond donors (Lipinski definition) is 0. The molecule has 5 rings (SSSR count). The highest BCUT2D eigenvalue weighted by Crippen LogP contribution is 2.23. The minimum atomic E-state index is 0.929. The molecule has 0 amide bonds. The first kappa shape index (κ1) is 20.5. The third kappa shape index (κ3) is 4.44. The van der Waals surface area contributed by atoms with E-state index in [0.717, 1.165) is 75.6 Å². The van der Waals surface area contributed by atoms with E-state index in [1.54, 1.807) is 6.33 Å². The van der Waals surface area contributed by atoms with Gasteiger partial charge in [0.25, 0.3) is 0 Å². The zero-order valence-electron chi connectivity index (χ0n) is 18.9. The SMILES string of the molecule is Cc1ccnc(N2CCN(c3cc(N4CCN(c5cc(C)ccn5)CC4)ncn3)CC2)c1. The number of piperazine rings is 2. The van der Waals surface area contributed by atoms with E-state index in [2.05, 4.69) is 71.6 Å². The van der Waals surface area contributed by atoms with Gasteiger partial charge in [-0.2, -0.15) is 0 Å². The van der Waals surface area contributed by atoms with Crippen LogP contribution in [0.4, 0.5) is 23.3 Å². The van der Waals surface area contributed by atoms with Gasteiger partial charge >= 0.3 is 0 Å². The molecule has 2 saturated heterocycles. The van der Waals surface area contributed by atoms with Gasteiger partial charge in [0.1, 0.15) is 29.6 Å². The molecule has 0 radical (unpaired) electrons. The lowest BCUT2D eigenvalue weighted by molar-refractivity contribution is 0.632. The molecule has 3 aromatic rings. The van der Waals surface area contributed by atoms with Gasteiger partial charge in [0.15, 0.2) is 0 Å². The van der Waals surface area contributed by atoms with Gasteiger partial charge in [0.05, 0.1) is 0 Å². The van der Waals surface area contributed by atoms with Crippen LogP contribution in [0.25, 0.3) is 0 Å². The monoisotopic (exact) mass is 430 g/mol. The van der Waals surface area contributed by atoms with Crippen LogP contribution in [0.2, 0.25) is 0 Å². The number of nitrogens with zero attached hydrogens (tertiary/aromatic N) is 8. The van der Waals surface area contributed by atoms with Crippen LogP contribution >= 0.6 is 0 Å². The Kier molecular flexibility index (Phi) is 5.75. The lowest BCUT2D eigenvalue weighted by Crippen LogP contribution is -2.48. The van der Waals surface area contributed by atoms with Gasteiger partial charge in [-0.15, -0.1) is 0 Å². The van der Waals surface area contributed by atoms with Crippen molar-refractivity contribution in [3.05, 3.63) is 60.2 Å². The maximum Gasteiger partial charge on any atom is 0.134 e. The van der Waals surface area contributed by atoms with Gasteiger partial charge in [-0.1, -0.05) is 0 Å². The van der Waals surface area contributed by atoms with Crippen LogP contribution in [0.15, 0.2) is 49.1 Å². The first-order valence-corrected chi connectivity index (χ1v) is 11.3. The van der Waals surface area contributed by atoms with Crippen LogP contribution in [0.3, 0.4) is 0 Å². The molecule has 8 nitrogen and oxygen atoms in total. The first-order chi connectivity index (χ1) is 15.7. The van der Waals surface area contributed by atoms with Crippen molar-refractivity contribution in [1.29, 1.82) is 0 Å². The molecule has 2 aliphatic heterocycles. The Morgan fingerprint density at radius 2 is 0.844 bits per heavy atom. The smallest absolute Gasteiger partial charge is 0.134 e. The normalized spacial score (nSPS) is 17.1. The number of rotatable bonds is 4. The molecule has 0 atom stereocenters. The average Bonchev–Trinajstić information content (AvgIpc) is 2.84. The summed E-state index contributed by atoms with van der Waals surface area (Å²) in [5, 5.41) is 0. The molecule has 3 aromatic heterocycles. The quantitative estimate of drug-likeness (QED) is 0.626. The van der Waals surface area contributed by atoms with Crippen molar-refractivity contribution in [2.45, 2.75) is 13.8 Å². The van der Waals surface area contributed by atoms with Crippen molar-refractivity contribution in [2.24, 2.45) is 0 Å². The summed E-state index contributed by atoms with van der Waals surface area (Å²) in [5.74, 6) is 4.15. The molecule has 0 saturated carbocycles. The molecule has 0 spiro atoms. The van der Waals surface area contributed by atoms with Crippen LogP contribution in [-0.2, 0) is 0 Å². The second-order valence-electron chi connectivity index (χ2n) is 8.57. The molecule has 8 heteroatoms. The Morgan fingerprint density at radius 1 is 0.500 bits per heavy atom. The van der Waals surface area contributed by atoms with Crippen LogP contribution in [-0.4, -0.2) is 72.3 Å². The number of pyridine rings is 2. The third-order valence-corrected chi connectivity index (χ3v) is 6.30. The number of aromatic nitrogens is 4. The fraction of sp³-hybridized carbons (Fsp3) is 0.417. The Balaban J connectivity index is 1.20. The van der Waals surface area contributed by atoms with Crippen molar-refractivity contribution < 1.29 is 0 Å². The fourth-order valence-corrected chi connectivity index (χ4v) is 4.40. The first-order valence-electron chi connectivity index (χ1n) is 11.3. The van der Waals surface area contributed by atoms with Crippen molar-refractivity contribution in [3.8, 4) is 0 Å². The Bertz CT molecular complexity index is 974. The van der Waals surface area contributed by atoms with E-state index >= 15 is 0 Å². The average molecular weight is 431 g/mol. The second-order valence-corrected chi connectivity index (χ2v) is 8.57. The van der Waals surface area contributed by atoms with E-state index in [0.29, 0.717) is 0 Å². The summed E-state index contributed by atoms with van der Waals surface area (Å²) in [6.45, 7) is 11.7. The summed E-state index contributed by atoms with van der Waals surface area (Å²) >= 11 is 0. The molecule has 2 aliphatic rings. The van der Waals surface area contributed by atoms with Crippen LogP contribution < -0.4 is 19.6 Å². The van der Waals surface area contributed by atoms with E-state index in [-0.39, 0.29) is 0 Å². The van der Waals surface area contributed by atoms with Crippen molar-refractivity contribution in [2.75, 3.05) is 72.0 Å². The Hall–Kier alpha value is -3.42. The minimum absolute atomic E-state index is 0.929. The third-order valence-electron chi connectivity index (χ3n) is 6.30. The molecule has 2 fully saturated rings. The van der Waals surface area contributed by atoms with Crippen LogP contribution in [0, 0.1) is 13.8 Å². The van der Waals surface area contributed by atoms with Crippen LogP contribution in [0.5, 0.6) is 0 Å². The summed E-state index contributed by atoms with van der Waals surface area (Å²) in [6.07, 6.45) is 5.48. The predicted octanol–water partition coefficient (Wildman–Crippen LogP) is 2.54. The zero-order chi connectivity index (χ0) is 21.9. The van der Waals surface area contributed by atoms with Gasteiger partial charge in [-0.05, 0) is 49.2 Å². The molecular formula is C24H30N8. The molecule has 0 bridgehead atoms. The summed E-state index contributed by atoms with van der Waals surface area (Å²) in [4.78, 5) is 27.6. The topological polar surface area (TPSA) is 64.5 Å². The van der Waals surface area contributed by atoms with E-state index in [1.807, 2.05) is 24.5 Å². The van der Waals surface area contributed by atoms with Gasteiger partial charge in [-0.25, -0.2) is 19.9 Å². The molecular weight excluding hydrogens is 400 g/mol. The highest BCUT2D eigenvalue weighted by atomic mass is 15.3. The van der Waals surface area contributed by atoms with Crippen molar-refractivity contribution in [3.63, 3.8) is 0 Å². The van der Waals surface area contributed by atoms with E-state index in [1.165, 1.54) is 11.1 Å². The standard InChI is InChI=1S/C24H30N8/c1-19-3-5-25-21(15-19)29-7-11-31(12-8-29)23-17-24(28-18-27-23)32-13-9-30(10-14-32)22-16-20(2)4-6-26-22/h3-6,15-18H,7-14H2,1-2H3. The summed E-state index contributed by atoms with van der Waals surface area (Å²) < 4.78 is 0. The fourth-order valence-electron chi connectivity index (χ4n) is 4.40. The van der Waals surface area contributed by atoms with E-state index < -0.39 is 0 Å². The molecule has 5 heterocycles. The van der Waals surface area contributed by atoms with Crippen LogP contribution in [0.1, 0.15) is 11.1 Å². The van der Waals surface area contributed by atoms with Gasteiger partial charge in [0, 0.05) is 70.8 Å². The predicted molar refractivity (Wildman–Crippen MR) is 129 cm³/mol. The maximum atomic E-state index is 4.58. The maximum absolute atomic E-state index is 4.58. The minimum Gasteiger partial charge on any atom is -0.353 e. The van der Waals surface area contributed by atoms with Gasteiger partial charge in [-0.3, -0.25) is 0 Å². The zero-order valence-corrected chi connectivity index (χ0v) is 18.9. The second kappa shape index (κ2) is 8.98. The molecule has 0 N–H and O–H groups in total. The molecule has 0 aliphatic carbocycles. The molecule has 32 heavy (non-hydrogen) atoms. The number of aryl methyl sites for hydroxylation is 2. The van der Waals surface area contributed by atoms with E-state index in [4.69, 9.17) is 0 Å². The number of anilines is 4.